The minimum Gasteiger partial charge on any atom is -0.381 e. The molecule has 1 aromatic heterocycles. The van der Waals surface area contributed by atoms with E-state index in [1.165, 1.54) is 17.0 Å². The average molecular weight is 550 g/mol. The van der Waals surface area contributed by atoms with Crippen LogP contribution in [-0.2, 0) is 16.6 Å². The minimum absolute atomic E-state index is 0. The molecular formula is C25H32FIN4O. The van der Waals surface area contributed by atoms with E-state index in [2.05, 4.69) is 46.9 Å². The van der Waals surface area contributed by atoms with Crippen molar-refractivity contribution in [2.45, 2.75) is 31.6 Å². The third-order valence-electron chi connectivity index (χ3n) is 6.13. The van der Waals surface area contributed by atoms with Gasteiger partial charge in [0.15, 0.2) is 5.96 Å². The fourth-order valence-electron chi connectivity index (χ4n) is 4.34. The first-order chi connectivity index (χ1) is 15.2. The molecular weight excluding hydrogens is 518 g/mol. The number of hydrogen-bond donors (Lipinski definition) is 3. The molecule has 0 radical (unpaired) electrons. The number of para-hydroxylation sites is 1. The Morgan fingerprint density at radius 2 is 1.94 bits per heavy atom. The van der Waals surface area contributed by atoms with Gasteiger partial charge in [0, 0.05) is 48.8 Å². The number of guanidine groups is 1. The lowest BCUT2D eigenvalue weighted by molar-refractivity contribution is 0.0530. The third kappa shape index (κ3) is 5.81. The Morgan fingerprint density at radius 3 is 2.72 bits per heavy atom. The first kappa shape index (κ1) is 24.5. The standard InChI is InChI=1S/C25H31FN4O.HI/c1-2-27-24(28-13-10-19-17-29-23-9-4-3-8-22(19)23)30-18-25(11-14-31-15-12-25)20-6-5-7-21(26)16-20;/h3-9,16-17,29H,2,10-15,18H2,1H3,(H2,27,28,30);1H. The minimum atomic E-state index is -0.198. The summed E-state index contributed by atoms with van der Waals surface area (Å²) in [6.45, 7) is 5.59. The van der Waals surface area contributed by atoms with Crippen LogP contribution >= 0.6 is 24.0 Å². The number of H-pyrrole nitrogens is 1. The van der Waals surface area contributed by atoms with Crippen molar-refractivity contribution in [3.63, 3.8) is 0 Å². The SMILES string of the molecule is CCNC(=NCC1(c2cccc(F)c2)CCOCC1)NCCc1c[nH]c2ccccc12.I. The largest absolute Gasteiger partial charge is 0.381 e. The van der Waals surface area contributed by atoms with Crippen LogP contribution in [0.25, 0.3) is 10.9 Å². The van der Waals surface area contributed by atoms with E-state index in [1.54, 1.807) is 12.1 Å². The second-order valence-electron chi connectivity index (χ2n) is 8.13. The number of aromatic amines is 1. The zero-order chi connectivity index (χ0) is 21.5. The highest BCUT2D eigenvalue weighted by atomic mass is 127. The average Bonchev–Trinajstić information content (AvgIpc) is 3.21. The van der Waals surface area contributed by atoms with Gasteiger partial charge in [0.25, 0.3) is 0 Å². The summed E-state index contributed by atoms with van der Waals surface area (Å²) < 4.78 is 19.5. The Kier molecular flexibility index (Phi) is 8.92. The Hall–Kier alpha value is -2.13. The molecule has 5 nitrogen and oxygen atoms in total. The van der Waals surface area contributed by atoms with Crippen molar-refractivity contribution in [3.8, 4) is 0 Å². The van der Waals surface area contributed by atoms with Crippen LogP contribution in [0.15, 0.2) is 59.7 Å². The van der Waals surface area contributed by atoms with Gasteiger partial charge >= 0.3 is 0 Å². The monoisotopic (exact) mass is 550 g/mol. The highest BCUT2D eigenvalue weighted by Gasteiger charge is 2.34. The van der Waals surface area contributed by atoms with Crippen molar-refractivity contribution in [2.75, 3.05) is 32.8 Å². The molecule has 0 saturated carbocycles. The number of hydrogen-bond acceptors (Lipinski definition) is 2. The zero-order valence-electron chi connectivity index (χ0n) is 18.5. The van der Waals surface area contributed by atoms with E-state index in [-0.39, 0.29) is 35.2 Å². The zero-order valence-corrected chi connectivity index (χ0v) is 20.8. The van der Waals surface area contributed by atoms with Gasteiger partial charge in [0.05, 0.1) is 6.54 Å². The van der Waals surface area contributed by atoms with Gasteiger partial charge in [-0.25, -0.2) is 4.39 Å². The maximum absolute atomic E-state index is 13.9. The summed E-state index contributed by atoms with van der Waals surface area (Å²) in [7, 11) is 0. The van der Waals surface area contributed by atoms with E-state index < -0.39 is 0 Å². The number of benzene rings is 2. The number of nitrogens with one attached hydrogen (secondary N) is 3. The molecule has 1 fully saturated rings. The van der Waals surface area contributed by atoms with E-state index in [9.17, 15) is 4.39 Å². The summed E-state index contributed by atoms with van der Waals surface area (Å²) in [5.41, 5.74) is 3.27. The van der Waals surface area contributed by atoms with Gasteiger partial charge in [-0.2, -0.15) is 0 Å². The van der Waals surface area contributed by atoms with Crippen LogP contribution in [0.2, 0.25) is 0 Å². The lowest BCUT2D eigenvalue weighted by atomic mass is 9.74. The number of aliphatic imine (C=N–C) groups is 1. The number of aromatic nitrogens is 1. The molecule has 1 saturated heterocycles. The van der Waals surface area contributed by atoms with Crippen LogP contribution < -0.4 is 10.6 Å². The molecule has 3 N–H and O–H groups in total. The van der Waals surface area contributed by atoms with Crippen LogP contribution in [0.5, 0.6) is 0 Å². The summed E-state index contributed by atoms with van der Waals surface area (Å²) >= 11 is 0. The van der Waals surface area contributed by atoms with Crippen LogP contribution in [0.1, 0.15) is 30.9 Å². The summed E-state index contributed by atoms with van der Waals surface area (Å²) in [5.74, 6) is 0.598. The maximum atomic E-state index is 13.9. The fourth-order valence-corrected chi connectivity index (χ4v) is 4.34. The molecule has 0 spiro atoms. The second-order valence-corrected chi connectivity index (χ2v) is 8.13. The second kappa shape index (κ2) is 11.7. The van der Waals surface area contributed by atoms with Gasteiger partial charge in [-0.3, -0.25) is 4.99 Å². The van der Waals surface area contributed by atoms with Crippen molar-refractivity contribution in [1.82, 2.24) is 15.6 Å². The number of fused-ring (bicyclic) bond motifs is 1. The maximum Gasteiger partial charge on any atom is 0.191 e. The number of ether oxygens (including phenoxy) is 1. The molecule has 0 unspecified atom stereocenters. The molecule has 0 amide bonds. The Morgan fingerprint density at radius 1 is 1.12 bits per heavy atom. The van der Waals surface area contributed by atoms with Gasteiger partial charge in [0.1, 0.15) is 5.82 Å². The number of nitrogens with zero attached hydrogens (tertiary/aromatic N) is 1. The van der Waals surface area contributed by atoms with Gasteiger partial charge < -0.3 is 20.4 Å². The highest BCUT2D eigenvalue weighted by Crippen LogP contribution is 2.35. The van der Waals surface area contributed by atoms with Gasteiger partial charge in [-0.1, -0.05) is 30.3 Å². The number of rotatable bonds is 7. The smallest absolute Gasteiger partial charge is 0.191 e. The third-order valence-corrected chi connectivity index (χ3v) is 6.13. The van der Waals surface area contributed by atoms with Gasteiger partial charge in [0.2, 0.25) is 0 Å². The molecule has 0 aliphatic carbocycles. The normalized spacial score (nSPS) is 15.9. The lowest BCUT2D eigenvalue weighted by Crippen LogP contribution is -2.41. The lowest BCUT2D eigenvalue weighted by Gasteiger charge is -2.36. The molecule has 0 atom stereocenters. The van der Waals surface area contributed by atoms with Gasteiger partial charge in [-0.05, 0) is 55.5 Å². The Balaban J connectivity index is 0.00000289. The first-order valence-corrected chi connectivity index (χ1v) is 11.1. The van der Waals surface area contributed by atoms with Crippen LogP contribution in [0.3, 0.4) is 0 Å². The van der Waals surface area contributed by atoms with Crippen LogP contribution in [-0.4, -0.2) is 43.8 Å². The molecule has 2 aromatic carbocycles. The Bertz CT molecular complexity index is 1030. The molecule has 172 valence electrons. The van der Waals surface area contributed by atoms with Gasteiger partial charge in [-0.15, -0.1) is 24.0 Å². The highest BCUT2D eigenvalue weighted by molar-refractivity contribution is 14.0. The van der Waals surface area contributed by atoms with Crippen molar-refractivity contribution < 1.29 is 9.13 Å². The van der Waals surface area contributed by atoms with Crippen molar-refractivity contribution in [1.29, 1.82) is 0 Å². The summed E-state index contributed by atoms with van der Waals surface area (Å²) in [4.78, 5) is 8.24. The van der Waals surface area contributed by atoms with Crippen molar-refractivity contribution in [3.05, 3.63) is 71.7 Å². The van der Waals surface area contributed by atoms with Crippen molar-refractivity contribution >= 4 is 40.8 Å². The molecule has 4 rings (SSSR count). The van der Waals surface area contributed by atoms with Crippen LogP contribution in [0.4, 0.5) is 4.39 Å². The predicted molar refractivity (Wildman–Crippen MR) is 140 cm³/mol. The quantitative estimate of drug-likeness (QED) is 0.226. The molecule has 32 heavy (non-hydrogen) atoms. The predicted octanol–water partition coefficient (Wildman–Crippen LogP) is 4.77. The molecule has 1 aliphatic heterocycles. The number of halogens is 2. The molecule has 3 aromatic rings. The van der Waals surface area contributed by atoms with E-state index in [0.717, 1.165) is 49.4 Å². The van der Waals surface area contributed by atoms with Crippen molar-refractivity contribution in [2.24, 2.45) is 4.99 Å². The topological polar surface area (TPSA) is 61.4 Å². The Labute approximate surface area is 206 Å². The summed E-state index contributed by atoms with van der Waals surface area (Å²) in [5, 5.41) is 8.07. The van der Waals surface area contributed by atoms with E-state index in [1.807, 2.05) is 12.1 Å². The fraction of sp³-hybridized carbons (Fsp3) is 0.400. The van der Waals surface area contributed by atoms with Crippen LogP contribution in [0, 0.1) is 5.82 Å². The molecule has 1 aliphatic rings. The molecule has 2 heterocycles. The summed E-state index contributed by atoms with van der Waals surface area (Å²) in [6.07, 6.45) is 4.66. The van der Waals surface area contributed by atoms with E-state index >= 15 is 0 Å². The van der Waals surface area contributed by atoms with E-state index in [0.29, 0.717) is 19.8 Å². The first-order valence-electron chi connectivity index (χ1n) is 11.1. The summed E-state index contributed by atoms with van der Waals surface area (Å²) in [6, 6.07) is 15.3. The molecule has 0 bridgehead atoms. The van der Waals surface area contributed by atoms with E-state index in [4.69, 9.17) is 9.73 Å². The molecule has 7 heteroatoms.